The number of carbonyl (C=O) groups is 2. The van der Waals surface area contributed by atoms with Crippen LogP contribution in [0.25, 0.3) is 0 Å². The number of anilines is 1. The van der Waals surface area contributed by atoms with Gasteiger partial charge in [-0.3, -0.25) is 14.7 Å². The number of aromatic nitrogens is 2. The third-order valence-corrected chi connectivity index (χ3v) is 3.40. The van der Waals surface area contributed by atoms with Crippen LogP contribution >= 0.6 is 15.9 Å². The molecule has 1 heterocycles. The van der Waals surface area contributed by atoms with Crippen LogP contribution in [0.1, 0.15) is 26.4 Å². The van der Waals surface area contributed by atoms with Gasteiger partial charge in [-0.1, -0.05) is 12.1 Å². The van der Waals surface area contributed by atoms with E-state index in [1.807, 2.05) is 13.0 Å². The van der Waals surface area contributed by atoms with Crippen LogP contribution in [0.5, 0.6) is 0 Å². The lowest BCUT2D eigenvalue weighted by atomic mass is 10.1. The van der Waals surface area contributed by atoms with E-state index < -0.39 is 0 Å². The van der Waals surface area contributed by atoms with Gasteiger partial charge in [-0.05, 0) is 34.5 Å². The van der Waals surface area contributed by atoms with Crippen LogP contribution in [-0.2, 0) is 0 Å². The summed E-state index contributed by atoms with van der Waals surface area (Å²) < 4.78 is 0.559. The molecule has 104 valence electrons. The molecule has 0 saturated heterocycles. The van der Waals surface area contributed by atoms with E-state index in [-0.39, 0.29) is 11.8 Å². The summed E-state index contributed by atoms with van der Waals surface area (Å²) in [6.45, 7) is 1.81. The number of H-pyrrole nitrogens is 1. The summed E-state index contributed by atoms with van der Waals surface area (Å²) >= 11 is 3.22. The number of benzene rings is 1. The van der Waals surface area contributed by atoms with Crippen LogP contribution in [0.15, 0.2) is 28.9 Å². The van der Waals surface area contributed by atoms with Gasteiger partial charge in [0.2, 0.25) is 0 Å². The molecule has 0 bridgehead atoms. The highest BCUT2D eigenvalue weighted by molar-refractivity contribution is 9.10. The quantitative estimate of drug-likeness (QED) is 0.802. The van der Waals surface area contributed by atoms with Crippen LogP contribution in [0, 0.1) is 6.92 Å². The van der Waals surface area contributed by atoms with Gasteiger partial charge in [-0.25, -0.2) is 0 Å². The van der Waals surface area contributed by atoms with E-state index in [0.29, 0.717) is 21.4 Å². The zero-order chi connectivity index (χ0) is 14.7. The van der Waals surface area contributed by atoms with Gasteiger partial charge in [-0.2, -0.15) is 5.10 Å². The van der Waals surface area contributed by atoms with Crippen molar-refractivity contribution in [3.63, 3.8) is 0 Å². The molecule has 0 aliphatic heterocycles. The molecule has 1 aromatic heterocycles. The van der Waals surface area contributed by atoms with Crippen molar-refractivity contribution in [1.82, 2.24) is 15.5 Å². The Morgan fingerprint density at radius 3 is 2.65 bits per heavy atom. The van der Waals surface area contributed by atoms with Gasteiger partial charge in [0.05, 0.1) is 21.9 Å². The van der Waals surface area contributed by atoms with E-state index in [9.17, 15) is 9.59 Å². The number of aryl methyl sites for hydroxylation is 1. The molecule has 0 atom stereocenters. The maximum absolute atomic E-state index is 12.1. The maximum Gasteiger partial charge on any atom is 0.274 e. The number of nitrogens with one attached hydrogen (secondary N) is 3. The summed E-state index contributed by atoms with van der Waals surface area (Å²) in [5, 5.41) is 11.6. The predicted molar refractivity (Wildman–Crippen MR) is 78.8 cm³/mol. The molecule has 2 rings (SSSR count). The van der Waals surface area contributed by atoms with Crippen molar-refractivity contribution in [3.8, 4) is 0 Å². The summed E-state index contributed by atoms with van der Waals surface area (Å²) in [6.07, 6.45) is 1.49. The highest BCUT2D eigenvalue weighted by Crippen LogP contribution is 2.21. The smallest absolute Gasteiger partial charge is 0.274 e. The van der Waals surface area contributed by atoms with Crippen LogP contribution in [-0.4, -0.2) is 29.1 Å². The molecule has 0 saturated carbocycles. The molecule has 1 aromatic carbocycles. The Kier molecular flexibility index (Phi) is 4.19. The standard InChI is InChI=1S/C13H13BrN4O2/c1-7-4-3-5-9(10(7)12(19)15-2)17-13(20)11-8(14)6-16-18-11/h3-6H,1-2H3,(H,15,19)(H,16,18)(H,17,20). The summed E-state index contributed by atoms with van der Waals surface area (Å²) in [5.41, 5.74) is 1.98. The van der Waals surface area contributed by atoms with Crippen molar-refractivity contribution >= 4 is 33.4 Å². The molecule has 0 spiro atoms. The van der Waals surface area contributed by atoms with Crippen molar-refractivity contribution < 1.29 is 9.59 Å². The molecule has 0 unspecified atom stereocenters. The molecule has 0 fully saturated rings. The number of amides is 2. The average molecular weight is 337 g/mol. The Morgan fingerprint density at radius 1 is 1.30 bits per heavy atom. The monoisotopic (exact) mass is 336 g/mol. The van der Waals surface area contributed by atoms with Gasteiger partial charge in [0, 0.05) is 7.05 Å². The van der Waals surface area contributed by atoms with Gasteiger partial charge in [0.1, 0.15) is 5.69 Å². The Hall–Kier alpha value is -2.15. The zero-order valence-electron chi connectivity index (χ0n) is 11.0. The average Bonchev–Trinajstić information content (AvgIpc) is 2.84. The summed E-state index contributed by atoms with van der Waals surface area (Å²) in [7, 11) is 1.55. The van der Waals surface area contributed by atoms with Crippen LogP contribution < -0.4 is 10.6 Å². The van der Waals surface area contributed by atoms with E-state index in [2.05, 4.69) is 36.8 Å². The van der Waals surface area contributed by atoms with Gasteiger partial charge in [0.25, 0.3) is 11.8 Å². The van der Waals surface area contributed by atoms with Crippen molar-refractivity contribution in [3.05, 3.63) is 45.7 Å². The minimum atomic E-state index is -0.370. The van der Waals surface area contributed by atoms with Crippen LogP contribution in [0.2, 0.25) is 0 Å². The van der Waals surface area contributed by atoms with Crippen LogP contribution in [0.3, 0.4) is 0 Å². The first-order valence-electron chi connectivity index (χ1n) is 5.86. The number of rotatable bonds is 3. The minimum absolute atomic E-state index is 0.248. The Labute approximate surface area is 124 Å². The molecule has 2 amide bonds. The van der Waals surface area contributed by atoms with E-state index in [4.69, 9.17) is 0 Å². The number of hydrogen-bond acceptors (Lipinski definition) is 3. The van der Waals surface area contributed by atoms with Gasteiger partial charge in [-0.15, -0.1) is 0 Å². The predicted octanol–water partition coefficient (Wildman–Crippen LogP) is 2.09. The molecule has 0 aliphatic rings. The second-order valence-electron chi connectivity index (χ2n) is 4.12. The number of nitrogens with zero attached hydrogens (tertiary/aromatic N) is 1. The largest absolute Gasteiger partial charge is 0.355 e. The fraction of sp³-hybridized carbons (Fsp3) is 0.154. The lowest BCUT2D eigenvalue weighted by Crippen LogP contribution is -2.23. The third-order valence-electron chi connectivity index (χ3n) is 2.80. The number of halogens is 1. The highest BCUT2D eigenvalue weighted by atomic mass is 79.9. The van der Waals surface area contributed by atoms with Gasteiger partial charge in [0.15, 0.2) is 0 Å². The lowest BCUT2D eigenvalue weighted by molar-refractivity contribution is 0.0963. The first kappa shape index (κ1) is 14.3. The zero-order valence-corrected chi connectivity index (χ0v) is 12.5. The van der Waals surface area contributed by atoms with Crippen molar-refractivity contribution in [1.29, 1.82) is 0 Å². The molecule has 6 nitrogen and oxygen atoms in total. The fourth-order valence-electron chi connectivity index (χ4n) is 1.81. The Morgan fingerprint density at radius 2 is 2.05 bits per heavy atom. The van der Waals surface area contributed by atoms with E-state index in [1.165, 1.54) is 6.20 Å². The first-order chi connectivity index (χ1) is 9.54. The molecule has 7 heteroatoms. The molecular formula is C13H13BrN4O2. The second kappa shape index (κ2) is 5.87. The minimum Gasteiger partial charge on any atom is -0.355 e. The highest BCUT2D eigenvalue weighted by Gasteiger charge is 2.17. The van der Waals surface area contributed by atoms with Crippen molar-refractivity contribution in [2.75, 3.05) is 12.4 Å². The maximum atomic E-state index is 12.1. The van der Waals surface area contributed by atoms with Gasteiger partial charge < -0.3 is 10.6 Å². The molecule has 0 radical (unpaired) electrons. The number of aromatic amines is 1. The fourth-order valence-corrected chi connectivity index (χ4v) is 2.18. The molecule has 0 aliphatic carbocycles. The van der Waals surface area contributed by atoms with Crippen molar-refractivity contribution in [2.45, 2.75) is 6.92 Å². The van der Waals surface area contributed by atoms with E-state index in [0.717, 1.165) is 5.56 Å². The Balaban J connectivity index is 2.35. The van der Waals surface area contributed by atoms with Crippen LogP contribution in [0.4, 0.5) is 5.69 Å². The lowest BCUT2D eigenvalue weighted by Gasteiger charge is -2.12. The Bertz CT molecular complexity index is 666. The van der Waals surface area contributed by atoms with E-state index in [1.54, 1.807) is 19.2 Å². The second-order valence-corrected chi connectivity index (χ2v) is 4.98. The SMILES string of the molecule is CNC(=O)c1c(C)cccc1NC(=O)c1[nH]ncc1Br. The van der Waals surface area contributed by atoms with Gasteiger partial charge >= 0.3 is 0 Å². The molecule has 2 aromatic rings. The van der Waals surface area contributed by atoms with Crippen molar-refractivity contribution in [2.24, 2.45) is 0 Å². The summed E-state index contributed by atoms with van der Waals surface area (Å²) in [5.74, 6) is -0.618. The summed E-state index contributed by atoms with van der Waals surface area (Å²) in [6, 6.07) is 5.27. The van der Waals surface area contributed by atoms with E-state index >= 15 is 0 Å². The summed E-state index contributed by atoms with van der Waals surface area (Å²) in [4.78, 5) is 24.0. The topological polar surface area (TPSA) is 86.9 Å². The molecule has 20 heavy (non-hydrogen) atoms. The third kappa shape index (κ3) is 2.72. The number of hydrogen-bond donors (Lipinski definition) is 3. The first-order valence-corrected chi connectivity index (χ1v) is 6.65. The number of carbonyl (C=O) groups excluding carboxylic acids is 2. The normalized spacial score (nSPS) is 10.2. The molecule has 3 N–H and O–H groups in total. The molecular weight excluding hydrogens is 324 g/mol.